The molecule has 2 heterocycles. The van der Waals surface area contributed by atoms with Crippen molar-refractivity contribution in [2.75, 3.05) is 5.88 Å². The number of thioether (sulfide) groups is 1. The molecular weight excluding hydrogens is 552 g/mol. The summed E-state index contributed by atoms with van der Waals surface area (Å²) in [5.74, 6) is -0.953. The van der Waals surface area contributed by atoms with Gasteiger partial charge in [-0.05, 0) is 51.3 Å². The van der Waals surface area contributed by atoms with Crippen LogP contribution in [0.1, 0.15) is 46.8 Å². The molecule has 212 valence electrons. The van der Waals surface area contributed by atoms with Crippen LogP contribution in [-0.2, 0) is 22.6 Å². The normalized spacial score (nSPS) is 17.8. The number of hydrogen-bond donors (Lipinski definition) is 3. The second-order valence-electron chi connectivity index (χ2n) is 10.3. The van der Waals surface area contributed by atoms with Crippen LogP contribution in [0.3, 0.4) is 0 Å². The number of aliphatic hydroxyl groups is 1. The van der Waals surface area contributed by atoms with Gasteiger partial charge in [-0.15, -0.1) is 11.8 Å². The highest BCUT2D eigenvalue weighted by molar-refractivity contribution is 8.00. The minimum atomic E-state index is -1.61. The lowest BCUT2D eigenvalue weighted by atomic mass is 9.96. The molecule has 0 spiro atoms. The zero-order valence-electron chi connectivity index (χ0n) is 22.8. The molecule has 3 atom stereocenters. The van der Waals surface area contributed by atoms with Crippen molar-refractivity contribution in [1.82, 2.24) is 20.7 Å². The Morgan fingerprint density at radius 1 is 1.15 bits per heavy atom. The molecule has 0 bridgehead atoms. The Hall–Kier alpha value is -3.34. The first-order valence-electron chi connectivity index (χ1n) is 12.9. The summed E-state index contributed by atoms with van der Waals surface area (Å²) in [4.78, 5) is 41.8. The Balaban J connectivity index is 1.55. The molecule has 40 heavy (non-hydrogen) atoms. The van der Waals surface area contributed by atoms with Gasteiger partial charge >= 0.3 is 0 Å². The third-order valence-corrected chi connectivity index (χ3v) is 8.74. The Kier molecular flexibility index (Phi) is 9.22. The number of hydrogen-bond acceptors (Lipinski definition) is 7. The molecule has 1 saturated heterocycles. The van der Waals surface area contributed by atoms with Crippen LogP contribution >= 0.6 is 23.4 Å². The third kappa shape index (κ3) is 6.51. The van der Waals surface area contributed by atoms with E-state index >= 15 is 0 Å². The number of nitrogens with zero attached hydrogens (tertiary/aromatic N) is 2. The summed E-state index contributed by atoms with van der Waals surface area (Å²) in [6.45, 7) is 7.24. The van der Waals surface area contributed by atoms with Crippen molar-refractivity contribution < 1.29 is 24.0 Å². The van der Waals surface area contributed by atoms with Crippen LogP contribution in [0.4, 0.5) is 0 Å². The van der Waals surface area contributed by atoms with E-state index in [0.717, 1.165) is 11.1 Å². The molecule has 1 unspecified atom stereocenters. The molecule has 11 heteroatoms. The number of nitrogens with one attached hydrogen (secondary N) is 2. The highest BCUT2D eigenvalue weighted by atomic mass is 35.5. The summed E-state index contributed by atoms with van der Waals surface area (Å²) in [5, 5.41) is 21.5. The molecule has 3 N–H and O–H groups in total. The minimum Gasteiger partial charge on any atom is -0.381 e. The molecule has 4 rings (SSSR count). The van der Waals surface area contributed by atoms with Crippen LogP contribution in [0.15, 0.2) is 59.1 Å². The van der Waals surface area contributed by atoms with E-state index in [1.165, 1.54) is 16.7 Å². The maximum atomic E-state index is 13.8. The highest BCUT2D eigenvalue weighted by Crippen LogP contribution is 2.40. The maximum absolute atomic E-state index is 13.8. The largest absolute Gasteiger partial charge is 0.381 e. The van der Waals surface area contributed by atoms with E-state index in [-0.39, 0.29) is 30.3 Å². The molecule has 1 aliphatic heterocycles. The number of carbonyl (C=O) groups excluding carboxylic acids is 3. The standard InChI is InChI=1S/C29H33ClN4O5S/c1-17-23(18(2)39-33-17)26(36)32-22(14-19-10-6-5-7-11-19)24(35)28(38)34-16-40-29(3,4)25(34)27(37)31-15-20-12-8-9-13-21(20)30/h5-13,22,24-25,35H,14-16H2,1-4H3,(H,31,37)(H,32,36)/t22-,24-,25?/m0/s1. The number of aliphatic hydroxyl groups excluding tert-OH is 1. The minimum absolute atomic E-state index is 0.191. The summed E-state index contributed by atoms with van der Waals surface area (Å²) >= 11 is 7.69. The first kappa shape index (κ1) is 29.6. The van der Waals surface area contributed by atoms with Crippen molar-refractivity contribution in [2.24, 2.45) is 0 Å². The number of aromatic nitrogens is 1. The van der Waals surface area contributed by atoms with Gasteiger partial charge in [-0.25, -0.2) is 0 Å². The smallest absolute Gasteiger partial charge is 0.257 e. The number of aryl methyl sites for hydroxylation is 2. The van der Waals surface area contributed by atoms with Crippen LogP contribution in [0, 0.1) is 13.8 Å². The summed E-state index contributed by atoms with van der Waals surface area (Å²) < 4.78 is 4.51. The number of amides is 3. The molecule has 0 saturated carbocycles. The Morgan fingerprint density at radius 3 is 2.48 bits per heavy atom. The van der Waals surface area contributed by atoms with E-state index in [0.29, 0.717) is 16.5 Å². The quantitative estimate of drug-likeness (QED) is 0.351. The van der Waals surface area contributed by atoms with E-state index in [4.69, 9.17) is 16.1 Å². The highest BCUT2D eigenvalue weighted by Gasteiger charge is 2.49. The number of benzene rings is 2. The third-order valence-electron chi connectivity index (χ3n) is 7.00. The fourth-order valence-corrected chi connectivity index (χ4v) is 6.18. The molecule has 1 aliphatic rings. The summed E-state index contributed by atoms with van der Waals surface area (Å²) in [7, 11) is 0. The molecule has 3 amide bonds. The fourth-order valence-electron chi connectivity index (χ4n) is 4.83. The first-order valence-corrected chi connectivity index (χ1v) is 14.3. The van der Waals surface area contributed by atoms with Gasteiger partial charge in [0.2, 0.25) is 5.91 Å². The van der Waals surface area contributed by atoms with Crippen LogP contribution in [0.5, 0.6) is 0 Å². The van der Waals surface area contributed by atoms with E-state index in [1.807, 2.05) is 62.4 Å². The zero-order valence-corrected chi connectivity index (χ0v) is 24.4. The zero-order chi connectivity index (χ0) is 29.0. The molecule has 1 aromatic heterocycles. The first-order chi connectivity index (χ1) is 19.0. The molecule has 2 aromatic carbocycles. The fraction of sp³-hybridized carbons (Fsp3) is 0.379. The maximum Gasteiger partial charge on any atom is 0.257 e. The van der Waals surface area contributed by atoms with E-state index < -0.39 is 34.7 Å². The van der Waals surface area contributed by atoms with Gasteiger partial charge in [-0.3, -0.25) is 14.4 Å². The molecule has 3 aromatic rings. The van der Waals surface area contributed by atoms with Crippen LogP contribution in [-0.4, -0.2) is 61.7 Å². The Bertz CT molecular complexity index is 1360. The van der Waals surface area contributed by atoms with Crippen molar-refractivity contribution in [3.05, 3.63) is 87.8 Å². The molecule has 0 radical (unpaired) electrons. The average Bonchev–Trinajstić information content (AvgIpc) is 3.44. The summed E-state index contributed by atoms with van der Waals surface area (Å²) in [6, 6.07) is 14.6. The van der Waals surface area contributed by atoms with Gasteiger partial charge in [0.05, 0.1) is 17.6 Å². The van der Waals surface area contributed by atoms with Gasteiger partial charge in [0.1, 0.15) is 17.4 Å². The predicted octanol–water partition coefficient (Wildman–Crippen LogP) is 3.64. The predicted molar refractivity (Wildman–Crippen MR) is 154 cm³/mol. The van der Waals surface area contributed by atoms with Crippen LogP contribution in [0.2, 0.25) is 5.02 Å². The average molecular weight is 585 g/mol. The SMILES string of the molecule is Cc1noc(C)c1C(=O)N[C@@H](Cc1ccccc1)[C@H](O)C(=O)N1CSC(C)(C)C1C(=O)NCc1ccccc1Cl. The lowest BCUT2D eigenvalue weighted by Gasteiger charge is -2.33. The summed E-state index contributed by atoms with van der Waals surface area (Å²) in [6.07, 6.45) is -1.42. The number of carbonyl (C=O) groups is 3. The Labute approximate surface area is 242 Å². The van der Waals surface area contributed by atoms with Crippen molar-refractivity contribution >= 4 is 41.1 Å². The second-order valence-corrected chi connectivity index (χ2v) is 12.3. The van der Waals surface area contributed by atoms with Gasteiger partial charge < -0.3 is 25.2 Å². The Morgan fingerprint density at radius 2 is 1.82 bits per heavy atom. The molecular formula is C29H33ClN4O5S. The van der Waals surface area contributed by atoms with Gasteiger partial charge in [0, 0.05) is 16.3 Å². The summed E-state index contributed by atoms with van der Waals surface area (Å²) in [5.41, 5.74) is 2.24. The van der Waals surface area contributed by atoms with Crippen LogP contribution in [0.25, 0.3) is 0 Å². The second kappa shape index (κ2) is 12.4. The van der Waals surface area contributed by atoms with Crippen LogP contribution < -0.4 is 10.6 Å². The van der Waals surface area contributed by atoms with E-state index in [2.05, 4.69) is 15.8 Å². The lowest BCUT2D eigenvalue weighted by molar-refractivity contribution is -0.147. The van der Waals surface area contributed by atoms with E-state index in [1.54, 1.807) is 19.9 Å². The molecule has 0 aliphatic carbocycles. The number of rotatable bonds is 9. The van der Waals surface area contributed by atoms with Gasteiger partial charge in [0.25, 0.3) is 11.8 Å². The lowest BCUT2D eigenvalue weighted by Crippen LogP contribution is -2.58. The van der Waals surface area contributed by atoms with Crippen molar-refractivity contribution in [2.45, 2.75) is 63.6 Å². The molecule has 9 nitrogen and oxygen atoms in total. The van der Waals surface area contributed by atoms with Crippen molar-refractivity contribution in [3.63, 3.8) is 0 Å². The van der Waals surface area contributed by atoms with Crippen molar-refractivity contribution in [1.29, 1.82) is 0 Å². The molecule has 1 fully saturated rings. The van der Waals surface area contributed by atoms with Gasteiger partial charge in [-0.1, -0.05) is 65.3 Å². The van der Waals surface area contributed by atoms with Crippen molar-refractivity contribution in [3.8, 4) is 0 Å². The van der Waals surface area contributed by atoms with E-state index in [9.17, 15) is 19.5 Å². The topological polar surface area (TPSA) is 125 Å². The van der Waals surface area contributed by atoms with Gasteiger partial charge in [-0.2, -0.15) is 0 Å². The number of halogens is 1. The monoisotopic (exact) mass is 584 g/mol. The van der Waals surface area contributed by atoms with Gasteiger partial charge in [0.15, 0.2) is 6.10 Å².